The van der Waals surface area contributed by atoms with E-state index in [2.05, 4.69) is 37.4 Å². The van der Waals surface area contributed by atoms with Gasteiger partial charge in [0.1, 0.15) is 11.4 Å². The third-order valence-electron chi connectivity index (χ3n) is 5.01. The van der Waals surface area contributed by atoms with Crippen molar-refractivity contribution in [2.75, 3.05) is 5.32 Å². The van der Waals surface area contributed by atoms with Gasteiger partial charge in [0.05, 0.1) is 11.4 Å². The highest BCUT2D eigenvalue weighted by atomic mass is 32.2. The lowest BCUT2D eigenvalue weighted by molar-refractivity contribution is 0.0998. The van der Waals surface area contributed by atoms with Crippen LogP contribution in [0.4, 0.5) is 5.82 Å². The minimum Gasteiger partial charge on any atom is -0.451 e. The van der Waals surface area contributed by atoms with Crippen molar-refractivity contribution in [2.45, 2.75) is 25.4 Å². The van der Waals surface area contributed by atoms with Crippen molar-refractivity contribution in [3.05, 3.63) is 76.7 Å². The first-order valence-corrected chi connectivity index (χ1v) is 10.3. The summed E-state index contributed by atoms with van der Waals surface area (Å²) in [7, 11) is 0. The zero-order chi connectivity index (χ0) is 19.3. The van der Waals surface area contributed by atoms with Gasteiger partial charge >= 0.3 is 0 Å². The number of hydrogen-bond acceptors (Lipinski definition) is 4. The minimum atomic E-state index is -0.262. The molecule has 1 aliphatic rings. The molecule has 0 saturated carbocycles. The largest absolute Gasteiger partial charge is 0.451 e. The summed E-state index contributed by atoms with van der Waals surface area (Å²) in [6, 6.07) is 15.6. The second-order valence-electron chi connectivity index (χ2n) is 7.07. The minimum absolute atomic E-state index is 0.262. The van der Waals surface area contributed by atoms with Gasteiger partial charge in [-0.1, -0.05) is 35.9 Å². The van der Waals surface area contributed by atoms with E-state index in [9.17, 15) is 4.79 Å². The number of furan rings is 1. The molecule has 1 aliphatic heterocycles. The standard InChI is InChI=1S/C22H19N3O2S/c1-13-7-8-18(14(2)9-13)25-21(16-11-28-12-17(16)24-25)23-22(26)20-10-15-5-3-4-6-19(15)27-20/h3-10H,11-12H2,1-2H3,(H,23,26). The molecule has 0 unspecified atom stereocenters. The van der Waals surface area contributed by atoms with Crippen molar-refractivity contribution < 1.29 is 9.21 Å². The lowest BCUT2D eigenvalue weighted by atomic mass is 10.1. The van der Waals surface area contributed by atoms with Crippen LogP contribution in [0.25, 0.3) is 16.7 Å². The Hall–Kier alpha value is -2.99. The Kier molecular flexibility index (Phi) is 4.02. The number of nitrogens with zero attached hydrogens (tertiary/aromatic N) is 2. The van der Waals surface area contributed by atoms with Crippen molar-refractivity contribution in [3.8, 4) is 5.69 Å². The Morgan fingerprint density at radius 3 is 2.82 bits per heavy atom. The number of carbonyl (C=O) groups is 1. The summed E-state index contributed by atoms with van der Waals surface area (Å²) in [6.45, 7) is 4.13. The van der Waals surface area contributed by atoms with Crippen LogP contribution in [0.5, 0.6) is 0 Å². The van der Waals surface area contributed by atoms with Crippen LogP contribution in [-0.2, 0) is 11.5 Å². The number of hydrogen-bond donors (Lipinski definition) is 1. The maximum Gasteiger partial charge on any atom is 0.292 e. The van der Waals surface area contributed by atoms with Gasteiger partial charge in [-0.25, -0.2) is 4.68 Å². The first kappa shape index (κ1) is 17.1. The number of aryl methyl sites for hydroxylation is 2. The molecule has 5 rings (SSSR count). The normalized spacial score (nSPS) is 13.1. The first-order valence-electron chi connectivity index (χ1n) is 9.16. The van der Waals surface area contributed by atoms with Gasteiger partial charge in [0.25, 0.3) is 5.91 Å². The van der Waals surface area contributed by atoms with Crippen molar-refractivity contribution in [3.63, 3.8) is 0 Å². The summed E-state index contributed by atoms with van der Waals surface area (Å²) >= 11 is 1.81. The monoisotopic (exact) mass is 389 g/mol. The van der Waals surface area contributed by atoms with Gasteiger partial charge < -0.3 is 9.73 Å². The molecule has 0 saturated heterocycles. The summed E-state index contributed by atoms with van der Waals surface area (Å²) in [4.78, 5) is 13.0. The molecule has 0 fully saturated rings. The van der Waals surface area contributed by atoms with Gasteiger partial charge in [-0.05, 0) is 37.6 Å². The van der Waals surface area contributed by atoms with Gasteiger partial charge in [0.2, 0.25) is 0 Å². The summed E-state index contributed by atoms with van der Waals surface area (Å²) in [5.74, 6) is 2.48. The van der Waals surface area contributed by atoms with Crippen LogP contribution in [-0.4, -0.2) is 15.7 Å². The maximum absolute atomic E-state index is 13.0. The van der Waals surface area contributed by atoms with Crippen LogP contribution >= 0.6 is 11.8 Å². The molecule has 5 nitrogen and oxygen atoms in total. The average Bonchev–Trinajstić information content (AvgIpc) is 3.37. The predicted molar refractivity (Wildman–Crippen MR) is 112 cm³/mol. The molecule has 140 valence electrons. The molecular weight excluding hydrogens is 370 g/mol. The predicted octanol–water partition coefficient (Wildman–Crippen LogP) is 5.23. The number of fused-ring (bicyclic) bond motifs is 2. The zero-order valence-corrected chi connectivity index (χ0v) is 16.5. The van der Waals surface area contributed by atoms with E-state index in [0.717, 1.165) is 45.2 Å². The zero-order valence-electron chi connectivity index (χ0n) is 15.7. The second kappa shape index (κ2) is 6.56. The van der Waals surface area contributed by atoms with Crippen LogP contribution in [0, 0.1) is 13.8 Å². The van der Waals surface area contributed by atoms with Gasteiger partial charge in [0, 0.05) is 22.5 Å². The molecule has 0 radical (unpaired) electrons. The lowest BCUT2D eigenvalue weighted by Crippen LogP contribution is -2.16. The fourth-order valence-electron chi connectivity index (χ4n) is 3.62. The molecule has 0 aliphatic carbocycles. The van der Waals surface area contributed by atoms with E-state index in [-0.39, 0.29) is 5.91 Å². The lowest BCUT2D eigenvalue weighted by Gasteiger charge is -2.13. The molecule has 4 aromatic rings. The molecule has 6 heteroatoms. The van der Waals surface area contributed by atoms with Crippen molar-refractivity contribution in [1.82, 2.24) is 9.78 Å². The van der Waals surface area contributed by atoms with Crippen molar-refractivity contribution >= 4 is 34.5 Å². The Balaban J connectivity index is 1.56. The first-order chi connectivity index (χ1) is 13.6. The number of aromatic nitrogens is 2. The number of para-hydroxylation sites is 1. The van der Waals surface area contributed by atoms with E-state index in [1.165, 1.54) is 5.56 Å². The SMILES string of the molecule is Cc1ccc(-n2nc3c(c2NC(=O)c2cc4ccccc4o2)CSC3)c(C)c1. The Morgan fingerprint density at radius 1 is 1.14 bits per heavy atom. The van der Waals surface area contributed by atoms with E-state index in [0.29, 0.717) is 11.3 Å². The molecule has 1 amide bonds. The number of rotatable bonds is 3. The van der Waals surface area contributed by atoms with E-state index < -0.39 is 0 Å². The number of thioether (sulfide) groups is 1. The number of carbonyl (C=O) groups excluding carboxylic acids is 1. The molecule has 28 heavy (non-hydrogen) atoms. The Labute approximate surface area is 166 Å². The topological polar surface area (TPSA) is 60.1 Å². The summed E-state index contributed by atoms with van der Waals surface area (Å²) in [5, 5.41) is 8.77. The highest BCUT2D eigenvalue weighted by Gasteiger charge is 2.26. The van der Waals surface area contributed by atoms with Crippen LogP contribution in [0.3, 0.4) is 0 Å². The quantitative estimate of drug-likeness (QED) is 0.521. The summed E-state index contributed by atoms with van der Waals surface area (Å²) in [6.07, 6.45) is 0. The molecule has 2 aromatic heterocycles. The summed E-state index contributed by atoms with van der Waals surface area (Å²) < 4.78 is 7.60. The third-order valence-corrected chi connectivity index (χ3v) is 5.98. The van der Waals surface area contributed by atoms with Crippen molar-refractivity contribution in [2.24, 2.45) is 0 Å². The molecule has 2 aromatic carbocycles. The molecule has 3 heterocycles. The number of benzene rings is 2. The Morgan fingerprint density at radius 2 is 2.00 bits per heavy atom. The van der Waals surface area contributed by atoms with Crippen LogP contribution in [0.2, 0.25) is 0 Å². The van der Waals surface area contributed by atoms with Crippen LogP contribution in [0.15, 0.2) is 52.9 Å². The van der Waals surface area contributed by atoms with Gasteiger partial charge in [-0.3, -0.25) is 4.79 Å². The number of anilines is 1. The number of nitrogens with one attached hydrogen (secondary N) is 1. The highest BCUT2D eigenvalue weighted by molar-refractivity contribution is 7.98. The maximum atomic E-state index is 13.0. The smallest absolute Gasteiger partial charge is 0.292 e. The second-order valence-corrected chi connectivity index (χ2v) is 8.06. The summed E-state index contributed by atoms with van der Waals surface area (Å²) in [5.41, 5.74) is 6.12. The number of amides is 1. The average molecular weight is 389 g/mol. The van der Waals surface area contributed by atoms with E-state index in [1.807, 2.05) is 40.7 Å². The van der Waals surface area contributed by atoms with Crippen molar-refractivity contribution in [1.29, 1.82) is 0 Å². The third kappa shape index (κ3) is 2.81. The van der Waals surface area contributed by atoms with E-state index in [4.69, 9.17) is 9.52 Å². The fourth-order valence-corrected chi connectivity index (χ4v) is 4.66. The molecular formula is C22H19N3O2S. The Bertz CT molecular complexity index is 1190. The van der Waals surface area contributed by atoms with E-state index >= 15 is 0 Å². The van der Waals surface area contributed by atoms with Gasteiger partial charge in [0.15, 0.2) is 5.76 Å². The highest BCUT2D eigenvalue weighted by Crippen LogP contribution is 2.37. The van der Waals surface area contributed by atoms with Crippen LogP contribution in [0.1, 0.15) is 32.9 Å². The molecule has 0 atom stereocenters. The molecule has 1 N–H and O–H groups in total. The van der Waals surface area contributed by atoms with Gasteiger partial charge in [-0.2, -0.15) is 16.9 Å². The fraction of sp³-hybridized carbons (Fsp3) is 0.182. The van der Waals surface area contributed by atoms with E-state index in [1.54, 1.807) is 6.07 Å². The molecule has 0 spiro atoms. The van der Waals surface area contributed by atoms with Crippen LogP contribution < -0.4 is 5.32 Å². The molecule has 0 bridgehead atoms. The van der Waals surface area contributed by atoms with Gasteiger partial charge in [-0.15, -0.1) is 0 Å².